The summed E-state index contributed by atoms with van der Waals surface area (Å²) < 4.78 is 0. The number of nitrogens with zero attached hydrogens (tertiary/aromatic N) is 2. The molecule has 1 rings (SSSR count). The number of Topliss-reactive ketones (excluding diaryl/α,β-unsaturated/α-hetero) is 1. The summed E-state index contributed by atoms with van der Waals surface area (Å²) in [6.45, 7) is 2.18. The third-order valence-corrected chi connectivity index (χ3v) is 1.10. The van der Waals surface area contributed by atoms with Crippen LogP contribution in [0.4, 0.5) is 0 Å². The zero-order valence-electron chi connectivity index (χ0n) is 5.01. The van der Waals surface area contributed by atoms with Crippen molar-refractivity contribution in [3.63, 3.8) is 0 Å². The molecule has 44 valence electrons. The van der Waals surface area contributed by atoms with Gasteiger partial charge < -0.3 is 0 Å². The van der Waals surface area contributed by atoms with Crippen LogP contribution in [-0.4, -0.2) is 30.1 Å². The van der Waals surface area contributed by atoms with Crippen molar-refractivity contribution >= 4 is 11.5 Å². The number of carbonyl (C=O) groups is 1. The molecule has 0 amide bonds. The summed E-state index contributed by atoms with van der Waals surface area (Å²) in [5.74, 6) is 0.132. The molecular weight excluding hydrogens is 104 g/mol. The smallest absolute Gasteiger partial charge is 0.199 e. The molecule has 3 nitrogen and oxygen atoms in total. The molecule has 8 heavy (non-hydrogen) atoms. The van der Waals surface area contributed by atoms with E-state index in [1.54, 1.807) is 19.0 Å². The molecule has 3 heteroatoms. The molecule has 0 bridgehead atoms. The zero-order chi connectivity index (χ0) is 6.15. The van der Waals surface area contributed by atoms with E-state index in [1.807, 2.05) is 0 Å². The lowest BCUT2D eigenvalue weighted by Crippen LogP contribution is -2.13. The van der Waals surface area contributed by atoms with Gasteiger partial charge in [-0.15, -0.1) is 0 Å². The van der Waals surface area contributed by atoms with E-state index in [2.05, 4.69) is 5.10 Å². The number of rotatable bonds is 0. The highest BCUT2D eigenvalue weighted by atomic mass is 16.1. The summed E-state index contributed by atoms with van der Waals surface area (Å²) in [5.41, 5.74) is 0.618. The molecule has 0 radical (unpaired) electrons. The predicted molar refractivity (Wildman–Crippen MR) is 30.7 cm³/mol. The minimum Gasteiger partial charge on any atom is -0.292 e. The van der Waals surface area contributed by atoms with E-state index in [9.17, 15) is 4.79 Å². The molecule has 0 unspecified atom stereocenters. The highest BCUT2D eigenvalue weighted by molar-refractivity contribution is 6.40. The largest absolute Gasteiger partial charge is 0.292 e. The Hall–Kier alpha value is -0.860. The van der Waals surface area contributed by atoms with Crippen LogP contribution in [0.5, 0.6) is 0 Å². The first-order chi connectivity index (χ1) is 3.70. The standard InChI is InChI=1S/C5H8N2O/c1-4-5(8)3-7(2)6-4/h3H2,1-2H3. The molecule has 0 N–H and O–H groups in total. The summed E-state index contributed by atoms with van der Waals surface area (Å²) in [6, 6.07) is 0. The number of ketones is 1. The zero-order valence-corrected chi connectivity index (χ0v) is 5.01. The van der Waals surface area contributed by atoms with Crippen molar-refractivity contribution in [1.29, 1.82) is 0 Å². The minimum atomic E-state index is 0.132. The maximum Gasteiger partial charge on any atom is 0.199 e. The van der Waals surface area contributed by atoms with Crippen LogP contribution in [0.3, 0.4) is 0 Å². The molecule has 0 spiro atoms. The Morgan fingerprint density at radius 1 is 1.75 bits per heavy atom. The van der Waals surface area contributed by atoms with E-state index in [4.69, 9.17) is 0 Å². The van der Waals surface area contributed by atoms with Crippen LogP contribution < -0.4 is 0 Å². The molecule has 1 heterocycles. The van der Waals surface area contributed by atoms with Crippen molar-refractivity contribution in [2.45, 2.75) is 6.92 Å². The molecule has 1 aliphatic rings. The van der Waals surface area contributed by atoms with Gasteiger partial charge in [-0.25, -0.2) is 0 Å². The Labute approximate surface area is 48.0 Å². The maximum atomic E-state index is 10.6. The summed E-state index contributed by atoms with van der Waals surface area (Å²) in [7, 11) is 1.79. The Kier molecular flexibility index (Phi) is 1.04. The van der Waals surface area contributed by atoms with Crippen molar-refractivity contribution in [3.05, 3.63) is 0 Å². The second-order valence-electron chi connectivity index (χ2n) is 1.92. The molecule has 0 aromatic carbocycles. The number of hydrogen-bond acceptors (Lipinski definition) is 3. The van der Waals surface area contributed by atoms with Crippen LogP contribution in [0.1, 0.15) is 6.92 Å². The van der Waals surface area contributed by atoms with Crippen LogP contribution in [0.15, 0.2) is 5.10 Å². The van der Waals surface area contributed by atoms with Gasteiger partial charge in [0.15, 0.2) is 5.78 Å². The summed E-state index contributed by atoms with van der Waals surface area (Å²) >= 11 is 0. The molecule has 0 saturated carbocycles. The van der Waals surface area contributed by atoms with Gasteiger partial charge in [-0.3, -0.25) is 9.80 Å². The minimum absolute atomic E-state index is 0.132. The maximum absolute atomic E-state index is 10.6. The van der Waals surface area contributed by atoms with Crippen LogP contribution >= 0.6 is 0 Å². The fourth-order valence-electron chi connectivity index (χ4n) is 0.669. The second-order valence-corrected chi connectivity index (χ2v) is 1.92. The lowest BCUT2D eigenvalue weighted by atomic mass is 10.3. The lowest BCUT2D eigenvalue weighted by Gasteiger charge is -1.99. The Morgan fingerprint density at radius 2 is 2.38 bits per heavy atom. The summed E-state index contributed by atoms with van der Waals surface area (Å²) in [4.78, 5) is 10.6. The number of hydrogen-bond donors (Lipinski definition) is 0. The first-order valence-electron chi connectivity index (χ1n) is 2.49. The number of likely N-dealkylation sites (N-methyl/N-ethyl adjacent to an activating group) is 1. The molecule has 1 aliphatic heterocycles. The van der Waals surface area contributed by atoms with E-state index in [1.165, 1.54) is 0 Å². The quantitative estimate of drug-likeness (QED) is 0.437. The highest BCUT2D eigenvalue weighted by Crippen LogP contribution is 1.96. The van der Waals surface area contributed by atoms with E-state index in [-0.39, 0.29) is 5.78 Å². The fourth-order valence-corrected chi connectivity index (χ4v) is 0.669. The monoisotopic (exact) mass is 112 g/mol. The average molecular weight is 112 g/mol. The molecule has 0 atom stereocenters. The first-order valence-corrected chi connectivity index (χ1v) is 2.49. The summed E-state index contributed by atoms with van der Waals surface area (Å²) in [5, 5.41) is 5.51. The highest BCUT2D eigenvalue weighted by Gasteiger charge is 2.15. The van der Waals surface area contributed by atoms with Crippen molar-refractivity contribution < 1.29 is 4.79 Å². The Bertz CT molecular complexity index is 151. The SMILES string of the molecule is CC1=NN(C)CC1=O. The Balaban J connectivity index is 2.73. The van der Waals surface area contributed by atoms with Gasteiger partial charge in [-0.05, 0) is 6.92 Å². The Morgan fingerprint density at radius 3 is 2.50 bits per heavy atom. The number of carbonyl (C=O) groups excluding carboxylic acids is 1. The molecule has 0 aromatic heterocycles. The molecule has 0 fully saturated rings. The molecule has 0 aromatic rings. The predicted octanol–water partition coefficient (Wildman–Crippen LogP) is -0.123. The first kappa shape index (κ1) is 5.28. The molecule has 0 aliphatic carbocycles. The lowest BCUT2D eigenvalue weighted by molar-refractivity contribution is -0.112. The van der Waals surface area contributed by atoms with E-state index >= 15 is 0 Å². The van der Waals surface area contributed by atoms with Crippen molar-refractivity contribution in [2.24, 2.45) is 5.10 Å². The van der Waals surface area contributed by atoms with Gasteiger partial charge in [0.1, 0.15) is 12.3 Å². The van der Waals surface area contributed by atoms with Crippen LogP contribution in [0.2, 0.25) is 0 Å². The number of hydrazone groups is 1. The third-order valence-electron chi connectivity index (χ3n) is 1.10. The van der Waals surface area contributed by atoms with Gasteiger partial charge in [0.2, 0.25) is 0 Å². The van der Waals surface area contributed by atoms with Gasteiger partial charge in [0.05, 0.1) is 0 Å². The van der Waals surface area contributed by atoms with Gasteiger partial charge in [-0.1, -0.05) is 0 Å². The van der Waals surface area contributed by atoms with E-state index < -0.39 is 0 Å². The topological polar surface area (TPSA) is 32.7 Å². The third kappa shape index (κ3) is 0.710. The van der Waals surface area contributed by atoms with Gasteiger partial charge in [0.25, 0.3) is 0 Å². The van der Waals surface area contributed by atoms with Gasteiger partial charge in [-0.2, -0.15) is 5.10 Å². The van der Waals surface area contributed by atoms with Gasteiger partial charge >= 0.3 is 0 Å². The molecular formula is C5H8N2O. The average Bonchev–Trinajstić information content (AvgIpc) is 1.85. The summed E-state index contributed by atoms with van der Waals surface area (Å²) in [6.07, 6.45) is 0. The van der Waals surface area contributed by atoms with Crippen molar-refractivity contribution in [2.75, 3.05) is 13.6 Å². The normalized spacial score (nSPS) is 19.5. The van der Waals surface area contributed by atoms with E-state index in [0.29, 0.717) is 12.3 Å². The van der Waals surface area contributed by atoms with Crippen molar-refractivity contribution in [1.82, 2.24) is 5.01 Å². The fraction of sp³-hybridized carbons (Fsp3) is 0.600. The van der Waals surface area contributed by atoms with Crippen molar-refractivity contribution in [3.8, 4) is 0 Å². The molecule has 0 saturated heterocycles. The van der Waals surface area contributed by atoms with Crippen LogP contribution in [0.25, 0.3) is 0 Å². The van der Waals surface area contributed by atoms with E-state index in [0.717, 1.165) is 0 Å². The van der Waals surface area contributed by atoms with Crippen LogP contribution in [-0.2, 0) is 4.79 Å². The van der Waals surface area contributed by atoms with Crippen LogP contribution in [0, 0.1) is 0 Å². The second kappa shape index (κ2) is 1.58. The van der Waals surface area contributed by atoms with Gasteiger partial charge in [0, 0.05) is 7.05 Å².